The van der Waals surface area contributed by atoms with Crippen molar-refractivity contribution in [2.75, 3.05) is 6.54 Å². The molecule has 3 heterocycles. The lowest BCUT2D eigenvalue weighted by Crippen LogP contribution is -2.39. The van der Waals surface area contributed by atoms with Crippen molar-refractivity contribution in [1.29, 1.82) is 0 Å². The zero-order valence-electron chi connectivity index (χ0n) is 14.7. The summed E-state index contributed by atoms with van der Waals surface area (Å²) in [4.78, 5) is 23.8. The molecule has 128 valence electrons. The van der Waals surface area contributed by atoms with E-state index in [0.717, 1.165) is 42.1 Å². The van der Waals surface area contributed by atoms with Crippen LogP contribution in [-0.2, 0) is 16.6 Å². The van der Waals surface area contributed by atoms with Crippen LogP contribution in [0.3, 0.4) is 0 Å². The highest BCUT2D eigenvalue weighted by Gasteiger charge is 2.31. The average molecular weight is 343 g/mol. The Morgan fingerprint density at radius 2 is 2.21 bits per heavy atom. The number of hydrogen-bond acceptors (Lipinski definition) is 4. The Kier molecular flexibility index (Phi) is 4.99. The smallest absolute Gasteiger partial charge is 0.227 e. The highest BCUT2D eigenvalue weighted by molar-refractivity contribution is 7.09. The molecular formula is C19H25N3OS. The topological polar surface area (TPSA) is 46.1 Å². The van der Waals surface area contributed by atoms with E-state index in [1.807, 2.05) is 17.0 Å². The van der Waals surface area contributed by atoms with E-state index in [4.69, 9.17) is 4.98 Å². The van der Waals surface area contributed by atoms with Gasteiger partial charge in [-0.15, -0.1) is 11.3 Å². The van der Waals surface area contributed by atoms with Gasteiger partial charge in [-0.25, -0.2) is 4.98 Å². The lowest BCUT2D eigenvalue weighted by Gasteiger charge is -2.34. The van der Waals surface area contributed by atoms with E-state index >= 15 is 0 Å². The molecule has 1 amide bonds. The molecule has 0 N–H and O–H groups in total. The molecule has 0 unspecified atom stereocenters. The second-order valence-electron chi connectivity index (χ2n) is 7.46. The summed E-state index contributed by atoms with van der Waals surface area (Å²) in [6, 6.07) is 3.97. The van der Waals surface area contributed by atoms with Crippen LogP contribution in [0.5, 0.6) is 0 Å². The second-order valence-corrected chi connectivity index (χ2v) is 8.35. The monoisotopic (exact) mass is 343 g/mol. The Hall–Kier alpha value is -1.75. The van der Waals surface area contributed by atoms with E-state index in [0.29, 0.717) is 6.42 Å². The molecule has 0 saturated carbocycles. The van der Waals surface area contributed by atoms with Crippen LogP contribution in [0, 0.1) is 0 Å². The van der Waals surface area contributed by atoms with Crippen LogP contribution in [0.1, 0.15) is 62.3 Å². The highest BCUT2D eigenvalue weighted by Crippen LogP contribution is 2.35. The number of rotatable bonds is 3. The van der Waals surface area contributed by atoms with Gasteiger partial charge in [0.2, 0.25) is 5.91 Å². The Morgan fingerprint density at radius 3 is 2.88 bits per heavy atom. The number of carbonyl (C=O) groups excluding carboxylic acids is 1. The maximum absolute atomic E-state index is 12.8. The van der Waals surface area contributed by atoms with Gasteiger partial charge in [-0.05, 0) is 30.9 Å². The summed E-state index contributed by atoms with van der Waals surface area (Å²) in [6.07, 6.45) is 7.18. The molecule has 1 aliphatic heterocycles. The van der Waals surface area contributed by atoms with Gasteiger partial charge in [0.15, 0.2) is 0 Å². The molecule has 2 aromatic rings. The first-order valence-corrected chi connectivity index (χ1v) is 9.47. The average Bonchev–Trinajstić information content (AvgIpc) is 3.06. The van der Waals surface area contributed by atoms with Crippen LogP contribution in [0.15, 0.2) is 29.9 Å². The van der Waals surface area contributed by atoms with Gasteiger partial charge in [-0.3, -0.25) is 9.78 Å². The number of pyridine rings is 1. The number of aromatic nitrogens is 2. The fourth-order valence-corrected chi connectivity index (χ4v) is 4.24. The van der Waals surface area contributed by atoms with Crippen molar-refractivity contribution in [1.82, 2.24) is 14.9 Å². The molecule has 1 atom stereocenters. The molecule has 24 heavy (non-hydrogen) atoms. The van der Waals surface area contributed by atoms with E-state index in [9.17, 15) is 4.79 Å². The van der Waals surface area contributed by atoms with Crippen molar-refractivity contribution >= 4 is 17.2 Å². The summed E-state index contributed by atoms with van der Waals surface area (Å²) >= 11 is 1.69. The number of carbonyl (C=O) groups is 1. The minimum Gasteiger partial charge on any atom is -0.333 e. The maximum atomic E-state index is 12.8. The van der Waals surface area contributed by atoms with Gasteiger partial charge in [0.05, 0.1) is 18.2 Å². The zero-order valence-corrected chi connectivity index (χ0v) is 15.5. The molecule has 0 radical (unpaired) electrons. The predicted molar refractivity (Wildman–Crippen MR) is 97.1 cm³/mol. The van der Waals surface area contributed by atoms with Crippen molar-refractivity contribution in [3.05, 3.63) is 46.2 Å². The molecule has 3 rings (SSSR count). The summed E-state index contributed by atoms with van der Waals surface area (Å²) in [5.74, 6) is 0.181. The fraction of sp³-hybridized carbons (Fsp3) is 0.526. The first kappa shape index (κ1) is 17.1. The molecule has 4 nitrogen and oxygen atoms in total. The van der Waals surface area contributed by atoms with E-state index in [2.05, 4.69) is 31.1 Å². The van der Waals surface area contributed by atoms with Crippen LogP contribution in [0.4, 0.5) is 0 Å². The van der Waals surface area contributed by atoms with Gasteiger partial charge in [0, 0.05) is 29.7 Å². The number of hydrogen-bond donors (Lipinski definition) is 0. The van der Waals surface area contributed by atoms with Crippen LogP contribution in [0.2, 0.25) is 0 Å². The third kappa shape index (κ3) is 3.83. The van der Waals surface area contributed by atoms with Gasteiger partial charge in [-0.1, -0.05) is 26.8 Å². The molecule has 1 fully saturated rings. The number of piperidine rings is 1. The minimum absolute atomic E-state index is 0.0496. The van der Waals surface area contributed by atoms with Gasteiger partial charge >= 0.3 is 0 Å². The van der Waals surface area contributed by atoms with Gasteiger partial charge in [0.1, 0.15) is 5.01 Å². The third-order valence-corrected chi connectivity index (χ3v) is 5.42. The number of likely N-dealkylation sites (tertiary alicyclic amines) is 1. The molecule has 0 aliphatic carbocycles. The Balaban J connectivity index is 1.78. The lowest BCUT2D eigenvalue weighted by atomic mass is 9.93. The van der Waals surface area contributed by atoms with E-state index in [-0.39, 0.29) is 17.4 Å². The number of thiazole rings is 1. The van der Waals surface area contributed by atoms with Crippen molar-refractivity contribution in [3.63, 3.8) is 0 Å². The maximum Gasteiger partial charge on any atom is 0.227 e. The largest absolute Gasteiger partial charge is 0.333 e. The molecule has 2 aromatic heterocycles. The predicted octanol–water partition coefficient (Wildman–Crippen LogP) is 4.13. The summed E-state index contributed by atoms with van der Waals surface area (Å²) < 4.78 is 0. The SMILES string of the molecule is CC(C)(C)c1csc([C@H]2CCCCN2C(=O)Cc2cccnc2)n1. The molecule has 5 heteroatoms. The summed E-state index contributed by atoms with van der Waals surface area (Å²) in [7, 11) is 0. The molecule has 1 saturated heterocycles. The lowest BCUT2D eigenvalue weighted by molar-refractivity contribution is -0.134. The van der Waals surface area contributed by atoms with Gasteiger partial charge in [-0.2, -0.15) is 0 Å². The Bertz CT molecular complexity index is 690. The summed E-state index contributed by atoms with van der Waals surface area (Å²) in [6.45, 7) is 7.36. The molecule has 0 spiro atoms. The van der Waals surface area contributed by atoms with Gasteiger partial charge in [0.25, 0.3) is 0 Å². The highest BCUT2D eigenvalue weighted by atomic mass is 32.1. The first-order valence-electron chi connectivity index (χ1n) is 8.59. The molecule has 0 aromatic carbocycles. The Morgan fingerprint density at radius 1 is 1.38 bits per heavy atom. The summed E-state index contributed by atoms with van der Waals surface area (Å²) in [5, 5.41) is 3.23. The van der Waals surface area contributed by atoms with Crippen molar-refractivity contribution in [2.24, 2.45) is 0 Å². The quantitative estimate of drug-likeness (QED) is 0.842. The molecule has 1 aliphatic rings. The second kappa shape index (κ2) is 7.01. The van der Waals surface area contributed by atoms with Crippen molar-refractivity contribution in [3.8, 4) is 0 Å². The minimum atomic E-state index is 0.0496. The van der Waals surface area contributed by atoms with Crippen LogP contribution < -0.4 is 0 Å². The van der Waals surface area contributed by atoms with Crippen LogP contribution in [-0.4, -0.2) is 27.3 Å². The van der Waals surface area contributed by atoms with E-state index in [1.54, 1.807) is 23.7 Å². The normalized spacial score (nSPS) is 18.6. The fourth-order valence-electron chi connectivity index (χ4n) is 3.05. The van der Waals surface area contributed by atoms with E-state index < -0.39 is 0 Å². The van der Waals surface area contributed by atoms with Crippen LogP contribution in [0.25, 0.3) is 0 Å². The van der Waals surface area contributed by atoms with E-state index in [1.165, 1.54) is 0 Å². The molecular weight excluding hydrogens is 318 g/mol. The van der Waals surface area contributed by atoms with Crippen molar-refractivity contribution < 1.29 is 4.79 Å². The number of amides is 1. The molecule has 0 bridgehead atoms. The van der Waals surface area contributed by atoms with Crippen LogP contribution >= 0.6 is 11.3 Å². The number of nitrogens with zero attached hydrogens (tertiary/aromatic N) is 3. The standard InChI is InChI=1S/C19H25N3OS/c1-19(2,3)16-13-24-18(21-16)15-8-4-5-10-22(15)17(23)11-14-7-6-9-20-12-14/h6-7,9,12-13,15H,4-5,8,10-11H2,1-3H3/t15-/m1/s1. The zero-order chi connectivity index (χ0) is 17.2. The summed E-state index contributed by atoms with van der Waals surface area (Å²) in [5.41, 5.74) is 2.14. The third-order valence-electron chi connectivity index (χ3n) is 4.48. The van der Waals surface area contributed by atoms with Gasteiger partial charge < -0.3 is 4.90 Å². The first-order chi connectivity index (χ1) is 11.4. The van der Waals surface area contributed by atoms with Crippen molar-refractivity contribution in [2.45, 2.75) is 57.9 Å². The Labute approximate surface area is 147 Å².